The minimum absolute atomic E-state index is 0.0387. The number of amides is 1. The lowest BCUT2D eigenvalue weighted by Gasteiger charge is -2.09. The third-order valence-corrected chi connectivity index (χ3v) is 4.69. The summed E-state index contributed by atoms with van der Waals surface area (Å²) in [7, 11) is -3.88. The molecule has 0 aliphatic rings. The molecular formula is C16H14ClFN2O3S. The second-order valence-corrected chi connectivity index (χ2v) is 6.85. The number of rotatable bonds is 6. The van der Waals surface area contributed by atoms with Crippen LogP contribution in [0.25, 0.3) is 0 Å². The van der Waals surface area contributed by atoms with Crippen molar-refractivity contribution in [3.8, 4) is 0 Å². The van der Waals surface area contributed by atoms with E-state index in [0.717, 1.165) is 6.07 Å². The van der Waals surface area contributed by atoms with Crippen molar-refractivity contribution in [1.82, 2.24) is 5.32 Å². The topological polar surface area (TPSA) is 75.3 Å². The quantitative estimate of drug-likeness (QED) is 0.769. The van der Waals surface area contributed by atoms with Crippen LogP contribution in [0.4, 0.5) is 10.1 Å². The molecule has 1 amide bonds. The summed E-state index contributed by atoms with van der Waals surface area (Å²) in [5.41, 5.74) is 0.454. The summed E-state index contributed by atoms with van der Waals surface area (Å²) in [4.78, 5) is 11.7. The van der Waals surface area contributed by atoms with Gasteiger partial charge in [-0.25, -0.2) is 12.8 Å². The fraction of sp³-hybridized carbons (Fsp3) is 0.0625. The number of sulfonamides is 1. The zero-order valence-electron chi connectivity index (χ0n) is 12.4. The van der Waals surface area contributed by atoms with Crippen molar-refractivity contribution in [2.75, 3.05) is 11.3 Å². The van der Waals surface area contributed by atoms with E-state index in [1.165, 1.54) is 42.5 Å². The maximum Gasteiger partial charge on any atom is 0.261 e. The molecule has 24 heavy (non-hydrogen) atoms. The van der Waals surface area contributed by atoms with Gasteiger partial charge in [0.15, 0.2) is 0 Å². The van der Waals surface area contributed by atoms with Gasteiger partial charge >= 0.3 is 0 Å². The predicted molar refractivity (Wildman–Crippen MR) is 91.2 cm³/mol. The Morgan fingerprint density at radius 3 is 2.46 bits per heavy atom. The molecule has 0 atom stereocenters. The molecule has 0 radical (unpaired) electrons. The SMILES string of the molecule is C=CCNC(=O)c1ccc(S(=O)(=O)Nc2ccc(F)c(Cl)c2)cc1. The molecule has 2 rings (SSSR count). The summed E-state index contributed by atoms with van der Waals surface area (Å²) in [6, 6.07) is 8.89. The number of benzene rings is 2. The Labute approximate surface area is 144 Å². The highest BCUT2D eigenvalue weighted by Crippen LogP contribution is 2.22. The minimum Gasteiger partial charge on any atom is -0.349 e. The van der Waals surface area contributed by atoms with E-state index in [-0.39, 0.29) is 21.5 Å². The fourth-order valence-electron chi connectivity index (χ4n) is 1.83. The minimum atomic E-state index is -3.88. The molecule has 2 aromatic carbocycles. The lowest BCUT2D eigenvalue weighted by Crippen LogP contribution is -2.23. The van der Waals surface area contributed by atoms with Gasteiger partial charge in [0.1, 0.15) is 5.82 Å². The first-order chi connectivity index (χ1) is 11.3. The lowest BCUT2D eigenvalue weighted by atomic mass is 10.2. The molecule has 0 aromatic heterocycles. The molecule has 0 spiro atoms. The summed E-state index contributed by atoms with van der Waals surface area (Å²) in [6.07, 6.45) is 1.54. The molecule has 0 heterocycles. The second kappa shape index (κ2) is 7.46. The summed E-state index contributed by atoms with van der Waals surface area (Å²) in [5.74, 6) is -0.980. The van der Waals surface area contributed by atoms with Gasteiger partial charge in [-0.1, -0.05) is 17.7 Å². The van der Waals surface area contributed by atoms with Crippen molar-refractivity contribution in [2.45, 2.75) is 4.90 Å². The largest absolute Gasteiger partial charge is 0.349 e. The Bertz CT molecular complexity index is 867. The molecule has 8 heteroatoms. The fourth-order valence-corrected chi connectivity index (χ4v) is 3.06. The Balaban J connectivity index is 2.18. The number of nitrogens with one attached hydrogen (secondary N) is 2. The van der Waals surface area contributed by atoms with E-state index in [9.17, 15) is 17.6 Å². The third kappa shape index (κ3) is 4.33. The molecule has 2 aromatic rings. The van der Waals surface area contributed by atoms with Crippen molar-refractivity contribution in [1.29, 1.82) is 0 Å². The number of carbonyl (C=O) groups excluding carboxylic acids is 1. The zero-order valence-corrected chi connectivity index (χ0v) is 14.0. The normalized spacial score (nSPS) is 10.9. The summed E-state index contributed by atoms with van der Waals surface area (Å²) >= 11 is 5.62. The van der Waals surface area contributed by atoms with Crippen LogP contribution in [0.3, 0.4) is 0 Å². The summed E-state index contributed by atoms with van der Waals surface area (Å²) in [6.45, 7) is 3.80. The van der Waals surface area contributed by atoms with Crippen LogP contribution in [-0.2, 0) is 10.0 Å². The molecule has 5 nitrogen and oxygen atoms in total. The third-order valence-electron chi connectivity index (χ3n) is 3.01. The van der Waals surface area contributed by atoms with Crippen molar-refractivity contribution in [3.63, 3.8) is 0 Å². The van der Waals surface area contributed by atoms with E-state index in [1.54, 1.807) is 0 Å². The molecule has 0 saturated heterocycles. The van der Waals surface area contributed by atoms with Crippen LogP contribution in [0.2, 0.25) is 5.02 Å². The van der Waals surface area contributed by atoms with E-state index < -0.39 is 15.8 Å². The summed E-state index contributed by atoms with van der Waals surface area (Å²) in [5, 5.41) is 2.40. The monoisotopic (exact) mass is 368 g/mol. The number of hydrogen-bond acceptors (Lipinski definition) is 3. The van der Waals surface area contributed by atoms with Crippen LogP contribution in [0.5, 0.6) is 0 Å². The maximum absolute atomic E-state index is 13.1. The molecule has 0 bridgehead atoms. The first-order valence-electron chi connectivity index (χ1n) is 6.80. The predicted octanol–water partition coefficient (Wildman–Crippen LogP) is 3.20. The molecule has 0 aliphatic carbocycles. The van der Waals surface area contributed by atoms with E-state index in [2.05, 4.69) is 16.6 Å². The van der Waals surface area contributed by atoms with Crippen molar-refractivity contribution < 1.29 is 17.6 Å². The molecule has 2 N–H and O–H groups in total. The second-order valence-electron chi connectivity index (χ2n) is 4.76. The van der Waals surface area contributed by atoms with E-state index in [4.69, 9.17) is 11.6 Å². The van der Waals surface area contributed by atoms with Crippen molar-refractivity contribution >= 4 is 33.2 Å². The van der Waals surface area contributed by atoms with Gasteiger partial charge in [0.2, 0.25) is 0 Å². The molecule has 126 valence electrons. The molecular weight excluding hydrogens is 355 g/mol. The van der Waals surface area contributed by atoms with Crippen LogP contribution >= 0.6 is 11.6 Å². The molecule has 0 saturated carbocycles. The Kier molecular flexibility index (Phi) is 5.58. The van der Waals surface area contributed by atoms with Crippen LogP contribution in [0, 0.1) is 5.82 Å². The van der Waals surface area contributed by atoms with Gasteiger partial charge < -0.3 is 5.32 Å². The number of carbonyl (C=O) groups is 1. The molecule has 0 aliphatic heterocycles. The smallest absolute Gasteiger partial charge is 0.261 e. The maximum atomic E-state index is 13.1. The molecule has 0 unspecified atom stereocenters. The Morgan fingerprint density at radius 2 is 1.88 bits per heavy atom. The Hall–Kier alpha value is -2.38. The first-order valence-corrected chi connectivity index (χ1v) is 8.66. The van der Waals surface area contributed by atoms with E-state index in [1.807, 2.05) is 0 Å². The first kappa shape index (κ1) is 18.0. The highest BCUT2D eigenvalue weighted by atomic mass is 35.5. The van der Waals surface area contributed by atoms with Gasteiger partial charge in [-0.05, 0) is 42.5 Å². The van der Waals surface area contributed by atoms with Crippen LogP contribution in [0.1, 0.15) is 10.4 Å². The number of anilines is 1. The zero-order chi connectivity index (χ0) is 17.7. The van der Waals surface area contributed by atoms with Crippen LogP contribution < -0.4 is 10.0 Å². The van der Waals surface area contributed by atoms with Crippen LogP contribution in [0.15, 0.2) is 60.0 Å². The van der Waals surface area contributed by atoms with Gasteiger partial charge in [-0.15, -0.1) is 6.58 Å². The summed E-state index contributed by atoms with van der Waals surface area (Å²) < 4.78 is 40.0. The number of halogens is 2. The highest BCUT2D eigenvalue weighted by molar-refractivity contribution is 7.92. The standard InChI is InChI=1S/C16H14ClFN2O3S/c1-2-9-19-16(21)11-3-6-13(7-4-11)24(22,23)20-12-5-8-15(18)14(17)10-12/h2-8,10,20H,1,9H2,(H,19,21). The van der Waals surface area contributed by atoms with Gasteiger partial charge in [-0.3, -0.25) is 9.52 Å². The highest BCUT2D eigenvalue weighted by Gasteiger charge is 2.16. The van der Waals surface area contributed by atoms with Gasteiger partial charge in [0.05, 0.1) is 15.6 Å². The van der Waals surface area contributed by atoms with Gasteiger partial charge in [0, 0.05) is 12.1 Å². The van der Waals surface area contributed by atoms with Crippen LogP contribution in [-0.4, -0.2) is 20.9 Å². The average molecular weight is 369 g/mol. The Morgan fingerprint density at radius 1 is 1.21 bits per heavy atom. The average Bonchev–Trinajstić information content (AvgIpc) is 2.56. The lowest BCUT2D eigenvalue weighted by molar-refractivity contribution is 0.0958. The molecule has 0 fully saturated rings. The van der Waals surface area contributed by atoms with Gasteiger partial charge in [0.25, 0.3) is 15.9 Å². The van der Waals surface area contributed by atoms with E-state index >= 15 is 0 Å². The van der Waals surface area contributed by atoms with Crippen molar-refractivity contribution in [3.05, 3.63) is 71.5 Å². The van der Waals surface area contributed by atoms with E-state index in [0.29, 0.717) is 12.1 Å². The van der Waals surface area contributed by atoms with Crippen molar-refractivity contribution in [2.24, 2.45) is 0 Å². The van der Waals surface area contributed by atoms with Gasteiger partial charge in [-0.2, -0.15) is 0 Å². The number of hydrogen-bond donors (Lipinski definition) is 2.